The summed E-state index contributed by atoms with van der Waals surface area (Å²) in [4.78, 5) is 0. The van der Waals surface area contributed by atoms with Crippen LogP contribution in [0.15, 0.2) is 0 Å². The smallest absolute Gasteiger partial charge is 0.0609 e. The summed E-state index contributed by atoms with van der Waals surface area (Å²) in [5.41, 5.74) is 1.16. The van der Waals surface area contributed by atoms with Crippen molar-refractivity contribution in [1.29, 1.82) is 0 Å². The van der Waals surface area contributed by atoms with E-state index in [1.54, 1.807) is 0 Å². The van der Waals surface area contributed by atoms with Gasteiger partial charge in [-0.2, -0.15) is 0 Å². The molecule has 3 aliphatic rings. The predicted octanol–water partition coefficient (Wildman–Crippen LogP) is 3.61. The first-order valence-electron chi connectivity index (χ1n) is 6.99. The van der Waals surface area contributed by atoms with Gasteiger partial charge in [-0.3, -0.25) is 0 Å². The minimum absolute atomic E-state index is 0.0333. The van der Waals surface area contributed by atoms with E-state index in [0.717, 1.165) is 18.3 Å². The van der Waals surface area contributed by atoms with E-state index in [9.17, 15) is 5.11 Å². The van der Waals surface area contributed by atoms with Crippen LogP contribution in [-0.2, 0) is 0 Å². The Morgan fingerprint density at radius 2 is 1.81 bits per heavy atom. The topological polar surface area (TPSA) is 20.2 Å². The van der Waals surface area contributed by atoms with Gasteiger partial charge in [0.05, 0.1) is 6.10 Å². The van der Waals surface area contributed by atoms with Gasteiger partial charge in [-0.05, 0) is 54.8 Å². The number of hydrogen-bond acceptors (Lipinski definition) is 1. The molecule has 0 saturated heterocycles. The highest BCUT2D eigenvalue weighted by Gasteiger charge is 2.74. The van der Waals surface area contributed by atoms with Crippen LogP contribution in [0.3, 0.4) is 0 Å². The van der Waals surface area contributed by atoms with Crippen LogP contribution >= 0.6 is 0 Å². The van der Waals surface area contributed by atoms with Gasteiger partial charge >= 0.3 is 0 Å². The lowest BCUT2D eigenvalue weighted by atomic mass is 9.55. The Morgan fingerprint density at radius 3 is 2.50 bits per heavy atom. The number of hydrogen-bond donors (Lipinski definition) is 1. The van der Waals surface area contributed by atoms with Crippen molar-refractivity contribution >= 4 is 0 Å². The van der Waals surface area contributed by atoms with Gasteiger partial charge in [0.2, 0.25) is 0 Å². The molecule has 1 nitrogen and oxygen atoms in total. The van der Waals surface area contributed by atoms with Crippen molar-refractivity contribution in [3.8, 4) is 0 Å². The molecule has 3 saturated carbocycles. The minimum atomic E-state index is -0.0333. The van der Waals surface area contributed by atoms with E-state index in [4.69, 9.17) is 0 Å². The van der Waals surface area contributed by atoms with Gasteiger partial charge in [0.25, 0.3) is 0 Å². The first-order chi connectivity index (χ1) is 7.31. The van der Waals surface area contributed by atoms with Gasteiger partial charge in [0, 0.05) is 5.41 Å². The summed E-state index contributed by atoms with van der Waals surface area (Å²) >= 11 is 0. The molecule has 0 heterocycles. The lowest BCUT2D eigenvalue weighted by molar-refractivity contribution is -0.0908. The summed E-state index contributed by atoms with van der Waals surface area (Å²) in [5, 5.41) is 10.6. The average Bonchev–Trinajstić information content (AvgIpc) is 2.77. The summed E-state index contributed by atoms with van der Waals surface area (Å²) in [5.74, 6) is 1.61. The molecule has 3 rings (SSSR count). The van der Waals surface area contributed by atoms with Crippen LogP contribution in [0.5, 0.6) is 0 Å². The first-order valence-corrected chi connectivity index (χ1v) is 6.99. The van der Waals surface area contributed by atoms with Crippen LogP contribution in [0.1, 0.15) is 59.8 Å². The Balaban J connectivity index is 1.97. The number of aliphatic hydroxyl groups is 1. The van der Waals surface area contributed by atoms with Crippen LogP contribution in [-0.4, -0.2) is 11.2 Å². The molecule has 0 bridgehead atoms. The standard InChI is InChI=1S/C15H26O/c1-10-5-6-14(4)9-15(14)11(10)7-13(2,3)8-12(15)16/h10-12,16H,5-9H2,1-4H3/t10-,11+,12+,14-,15+/m1/s1. The third-order valence-corrected chi connectivity index (χ3v) is 6.29. The van der Waals surface area contributed by atoms with E-state index in [-0.39, 0.29) is 6.10 Å². The summed E-state index contributed by atoms with van der Waals surface area (Å²) in [6.07, 6.45) is 6.35. The van der Waals surface area contributed by atoms with Gasteiger partial charge in [-0.15, -0.1) is 0 Å². The molecule has 92 valence electrons. The Bertz CT molecular complexity index is 321. The Morgan fingerprint density at radius 1 is 1.12 bits per heavy atom. The number of aliphatic hydroxyl groups excluding tert-OH is 1. The highest BCUT2D eigenvalue weighted by molar-refractivity contribution is 5.23. The molecule has 0 aliphatic heterocycles. The molecule has 0 amide bonds. The maximum atomic E-state index is 10.6. The highest BCUT2D eigenvalue weighted by atomic mass is 16.3. The molecule has 1 spiro atoms. The molecule has 1 N–H and O–H groups in total. The maximum absolute atomic E-state index is 10.6. The van der Waals surface area contributed by atoms with Crippen molar-refractivity contribution < 1.29 is 5.11 Å². The molecule has 0 unspecified atom stereocenters. The maximum Gasteiger partial charge on any atom is 0.0609 e. The van der Waals surface area contributed by atoms with Crippen LogP contribution in [0.4, 0.5) is 0 Å². The fourth-order valence-corrected chi connectivity index (χ4v) is 5.29. The zero-order chi connectivity index (χ0) is 11.8. The molecular formula is C15H26O. The monoisotopic (exact) mass is 222 g/mol. The first kappa shape index (κ1) is 11.1. The second-order valence-electron chi connectivity index (χ2n) is 7.99. The van der Waals surface area contributed by atoms with Crippen molar-refractivity contribution in [3.05, 3.63) is 0 Å². The fraction of sp³-hybridized carbons (Fsp3) is 1.00. The third kappa shape index (κ3) is 1.16. The van der Waals surface area contributed by atoms with Crippen LogP contribution in [0.2, 0.25) is 0 Å². The molecule has 16 heavy (non-hydrogen) atoms. The van der Waals surface area contributed by atoms with E-state index >= 15 is 0 Å². The van der Waals surface area contributed by atoms with E-state index in [1.165, 1.54) is 25.7 Å². The highest BCUT2D eigenvalue weighted by Crippen LogP contribution is 2.79. The lowest BCUT2D eigenvalue weighted by Gasteiger charge is -2.51. The quantitative estimate of drug-likeness (QED) is 0.664. The van der Waals surface area contributed by atoms with E-state index < -0.39 is 0 Å². The summed E-state index contributed by atoms with van der Waals surface area (Å²) in [7, 11) is 0. The molecule has 0 aromatic heterocycles. The Hall–Kier alpha value is -0.0400. The van der Waals surface area contributed by atoms with Gasteiger partial charge in [-0.25, -0.2) is 0 Å². The van der Waals surface area contributed by atoms with Crippen LogP contribution in [0.25, 0.3) is 0 Å². The van der Waals surface area contributed by atoms with Crippen molar-refractivity contribution in [1.82, 2.24) is 0 Å². The van der Waals surface area contributed by atoms with Crippen molar-refractivity contribution in [2.75, 3.05) is 0 Å². The fourth-order valence-electron chi connectivity index (χ4n) is 5.29. The van der Waals surface area contributed by atoms with Crippen molar-refractivity contribution in [3.63, 3.8) is 0 Å². The zero-order valence-corrected chi connectivity index (χ0v) is 11.2. The molecule has 3 aliphatic carbocycles. The second kappa shape index (κ2) is 2.85. The van der Waals surface area contributed by atoms with Crippen molar-refractivity contribution in [2.24, 2.45) is 28.1 Å². The van der Waals surface area contributed by atoms with E-state index in [0.29, 0.717) is 16.2 Å². The Labute approximate surface area is 99.6 Å². The SMILES string of the molecule is C[C@@H]1CC[C@]2(C)C[C@]23[C@@H](O)CC(C)(C)C[C@@H]13. The molecule has 5 atom stereocenters. The third-order valence-electron chi connectivity index (χ3n) is 6.29. The van der Waals surface area contributed by atoms with Gasteiger partial charge in [0.15, 0.2) is 0 Å². The summed E-state index contributed by atoms with van der Waals surface area (Å²) in [6.45, 7) is 9.51. The van der Waals surface area contributed by atoms with Crippen LogP contribution < -0.4 is 0 Å². The second-order valence-corrected chi connectivity index (χ2v) is 7.99. The van der Waals surface area contributed by atoms with Gasteiger partial charge < -0.3 is 5.11 Å². The largest absolute Gasteiger partial charge is 0.392 e. The average molecular weight is 222 g/mol. The molecule has 0 radical (unpaired) electrons. The molecular weight excluding hydrogens is 196 g/mol. The normalized spacial score (nSPS) is 58.7. The molecule has 0 aromatic rings. The summed E-state index contributed by atoms with van der Waals surface area (Å²) in [6, 6.07) is 0. The van der Waals surface area contributed by atoms with E-state index in [1.807, 2.05) is 0 Å². The van der Waals surface area contributed by atoms with E-state index in [2.05, 4.69) is 27.7 Å². The molecule has 1 heteroatoms. The molecule has 3 fully saturated rings. The van der Waals surface area contributed by atoms with Crippen molar-refractivity contribution in [2.45, 2.75) is 65.9 Å². The van der Waals surface area contributed by atoms with Crippen LogP contribution in [0, 0.1) is 28.1 Å². The zero-order valence-electron chi connectivity index (χ0n) is 11.2. The van der Waals surface area contributed by atoms with Gasteiger partial charge in [-0.1, -0.05) is 27.7 Å². The minimum Gasteiger partial charge on any atom is -0.392 e. The molecule has 0 aromatic carbocycles. The number of rotatable bonds is 0. The van der Waals surface area contributed by atoms with Gasteiger partial charge in [0.1, 0.15) is 0 Å². The predicted molar refractivity (Wildman–Crippen MR) is 66.1 cm³/mol. The Kier molecular flexibility index (Phi) is 1.98. The lowest BCUT2D eigenvalue weighted by Crippen LogP contribution is -2.48. The summed E-state index contributed by atoms with van der Waals surface area (Å²) < 4.78 is 0.